The van der Waals surface area contributed by atoms with Gasteiger partial charge in [0.15, 0.2) is 0 Å². The van der Waals surface area contributed by atoms with Gasteiger partial charge in [0.2, 0.25) is 11.9 Å². The van der Waals surface area contributed by atoms with E-state index in [0.29, 0.717) is 32.1 Å². The number of amides is 1. The van der Waals surface area contributed by atoms with Crippen LogP contribution in [0.4, 0.5) is 5.95 Å². The van der Waals surface area contributed by atoms with Gasteiger partial charge < -0.3 is 14.9 Å². The molecule has 0 radical (unpaired) electrons. The lowest BCUT2D eigenvalue weighted by Crippen LogP contribution is -2.49. The number of nitrogens with zero attached hydrogens (tertiary/aromatic N) is 4. The summed E-state index contributed by atoms with van der Waals surface area (Å²) in [5, 5.41) is 8.53. The third-order valence-corrected chi connectivity index (χ3v) is 3.82. The lowest BCUT2D eigenvalue weighted by atomic mass is 10.3. The average Bonchev–Trinajstić information content (AvgIpc) is 2.48. The topological polar surface area (TPSA) is 86.6 Å². The number of carbonyl (C=O) groups excluding carboxylic acids is 1. The monoisotopic (exact) mass is 296 g/mol. The Morgan fingerprint density at radius 3 is 2.40 bits per heavy atom. The minimum Gasteiger partial charge on any atom is -0.481 e. The van der Waals surface area contributed by atoms with E-state index in [1.165, 1.54) is 0 Å². The number of hydrogen-bond donors (Lipinski definition) is 1. The van der Waals surface area contributed by atoms with Crippen LogP contribution in [-0.4, -0.2) is 69.5 Å². The van der Waals surface area contributed by atoms with Gasteiger partial charge in [0.05, 0.1) is 11.5 Å². The van der Waals surface area contributed by atoms with Crippen LogP contribution in [0.1, 0.15) is 0 Å². The van der Waals surface area contributed by atoms with Crippen molar-refractivity contribution in [1.82, 2.24) is 14.9 Å². The highest BCUT2D eigenvalue weighted by atomic mass is 32.2. The van der Waals surface area contributed by atoms with Gasteiger partial charge in [-0.2, -0.15) is 0 Å². The van der Waals surface area contributed by atoms with Crippen LogP contribution in [0, 0.1) is 0 Å². The number of carbonyl (C=O) groups is 2. The molecule has 0 saturated carbocycles. The Balaban J connectivity index is 1.76. The van der Waals surface area contributed by atoms with Crippen LogP contribution >= 0.6 is 11.8 Å². The number of carboxylic acid groups (broad SMARTS) is 1. The summed E-state index contributed by atoms with van der Waals surface area (Å²) in [4.78, 5) is 34.4. The molecule has 1 N–H and O–H groups in total. The van der Waals surface area contributed by atoms with Crippen LogP contribution in [-0.2, 0) is 9.59 Å². The summed E-state index contributed by atoms with van der Waals surface area (Å²) < 4.78 is 0. The van der Waals surface area contributed by atoms with Gasteiger partial charge in [0, 0.05) is 38.6 Å². The predicted molar refractivity (Wildman–Crippen MR) is 75.8 cm³/mol. The number of anilines is 1. The molecule has 0 spiro atoms. The van der Waals surface area contributed by atoms with Crippen molar-refractivity contribution in [3.63, 3.8) is 0 Å². The molecule has 20 heavy (non-hydrogen) atoms. The number of aliphatic carboxylic acids is 1. The highest BCUT2D eigenvalue weighted by molar-refractivity contribution is 8.00. The fourth-order valence-electron chi connectivity index (χ4n) is 1.93. The number of rotatable bonds is 5. The highest BCUT2D eigenvalue weighted by Crippen LogP contribution is 2.11. The zero-order chi connectivity index (χ0) is 14.4. The predicted octanol–water partition coefficient (Wildman–Crippen LogP) is -0.0570. The molecule has 0 aliphatic carbocycles. The minimum absolute atomic E-state index is 0.00937. The van der Waals surface area contributed by atoms with Crippen LogP contribution in [0.5, 0.6) is 0 Å². The highest BCUT2D eigenvalue weighted by Gasteiger charge is 2.22. The molecule has 7 nitrogen and oxygen atoms in total. The number of piperazine rings is 1. The number of carboxylic acids is 1. The molecule has 108 valence electrons. The van der Waals surface area contributed by atoms with Gasteiger partial charge in [-0.15, -0.1) is 11.8 Å². The van der Waals surface area contributed by atoms with Gasteiger partial charge in [0.1, 0.15) is 0 Å². The number of thioether (sulfide) groups is 1. The molecule has 1 amide bonds. The maximum Gasteiger partial charge on any atom is 0.313 e. The standard InChI is InChI=1S/C12H16N4O3S/c17-10(8-20-9-11(18)19)15-4-6-16(7-5-15)12-13-2-1-3-14-12/h1-3H,4-9H2,(H,18,19). The zero-order valence-corrected chi connectivity index (χ0v) is 11.8. The van der Waals surface area contributed by atoms with E-state index >= 15 is 0 Å². The Kier molecular flexibility index (Phi) is 5.16. The lowest BCUT2D eigenvalue weighted by molar-refractivity contribution is -0.133. The minimum atomic E-state index is -0.895. The van der Waals surface area contributed by atoms with E-state index in [0.717, 1.165) is 11.8 Å². The summed E-state index contributed by atoms with van der Waals surface area (Å²) in [7, 11) is 0. The molecule has 0 bridgehead atoms. The quantitative estimate of drug-likeness (QED) is 0.814. The molecule has 2 heterocycles. The Hall–Kier alpha value is -1.83. The molecule has 0 unspecified atom stereocenters. The molecule has 1 aliphatic heterocycles. The maximum absolute atomic E-state index is 11.9. The Morgan fingerprint density at radius 2 is 1.80 bits per heavy atom. The van der Waals surface area contributed by atoms with E-state index in [1.54, 1.807) is 23.4 Å². The molecule has 8 heteroatoms. The van der Waals surface area contributed by atoms with Crippen LogP contribution < -0.4 is 4.90 Å². The lowest BCUT2D eigenvalue weighted by Gasteiger charge is -2.34. The van der Waals surface area contributed by atoms with Crippen molar-refractivity contribution in [2.45, 2.75) is 0 Å². The summed E-state index contributed by atoms with van der Waals surface area (Å²) in [6.45, 7) is 2.62. The van der Waals surface area contributed by atoms with E-state index in [2.05, 4.69) is 9.97 Å². The largest absolute Gasteiger partial charge is 0.481 e. The molecule has 1 aromatic rings. The second-order valence-corrected chi connectivity index (χ2v) is 5.29. The second kappa shape index (κ2) is 7.09. The molecule has 1 aromatic heterocycles. The Morgan fingerprint density at radius 1 is 1.15 bits per heavy atom. The van der Waals surface area contributed by atoms with Crippen LogP contribution in [0.25, 0.3) is 0 Å². The van der Waals surface area contributed by atoms with E-state index in [1.807, 2.05) is 4.90 Å². The molecular formula is C12H16N4O3S. The van der Waals surface area contributed by atoms with Gasteiger partial charge in [-0.3, -0.25) is 9.59 Å². The van der Waals surface area contributed by atoms with E-state index in [-0.39, 0.29) is 17.4 Å². The second-order valence-electron chi connectivity index (χ2n) is 4.30. The van der Waals surface area contributed by atoms with Crippen LogP contribution in [0.15, 0.2) is 18.5 Å². The number of hydrogen-bond acceptors (Lipinski definition) is 6. The van der Waals surface area contributed by atoms with Crippen molar-refractivity contribution in [2.75, 3.05) is 42.6 Å². The van der Waals surface area contributed by atoms with Gasteiger partial charge in [0.25, 0.3) is 0 Å². The Bertz CT molecular complexity index is 463. The first-order valence-electron chi connectivity index (χ1n) is 6.26. The van der Waals surface area contributed by atoms with Crippen LogP contribution in [0.2, 0.25) is 0 Å². The van der Waals surface area contributed by atoms with Crippen molar-refractivity contribution in [1.29, 1.82) is 0 Å². The third kappa shape index (κ3) is 4.09. The summed E-state index contributed by atoms with van der Waals surface area (Å²) in [5.74, 6) is -0.0453. The molecule has 2 rings (SSSR count). The van der Waals surface area contributed by atoms with Crippen molar-refractivity contribution < 1.29 is 14.7 Å². The average molecular weight is 296 g/mol. The van der Waals surface area contributed by atoms with Gasteiger partial charge in [-0.1, -0.05) is 0 Å². The van der Waals surface area contributed by atoms with E-state index < -0.39 is 5.97 Å². The van der Waals surface area contributed by atoms with Crippen molar-refractivity contribution in [3.05, 3.63) is 18.5 Å². The molecule has 1 fully saturated rings. The molecule has 1 saturated heterocycles. The molecule has 0 aromatic carbocycles. The smallest absolute Gasteiger partial charge is 0.313 e. The van der Waals surface area contributed by atoms with E-state index in [4.69, 9.17) is 5.11 Å². The summed E-state index contributed by atoms with van der Waals surface area (Å²) >= 11 is 1.13. The summed E-state index contributed by atoms with van der Waals surface area (Å²) in [6.07, 6.45) is 3.39. The Labute approximate surface area is 121 Å². The fourth-order valence-corrected chi connectivity index (χ4v) is 2.56. The van der Waals surface area contributed by atoms with Crippen molar-refractivity contribution in [3.8, 4) is 0 Å². The number of aromatic nitrogens is 2. The molecular weight excluding hydrogens is 280 g/mol. The van der Waals surface area contributed by atoms with Gasteiger partial charge >= 0.3 is 5.97 Å². The fraction of sp³-hybridized carbons (Fsp3) is 0.500. The molecule has 1 aliphatic rings. The van der Waals surface area contributed by atoms with Crippen molar-refractivity contribution >= 4 is 29.6 Å². The van der Waals surface area contributed by atoms with Crippen LogP contribution in [0.3, 0.4) is 0 Å². The first-order valence-corrected chi connectivity index (χ1v) is 7.41. The van der Waals surface area contributed by atoms with Crippen molar-refractivity contribution in [2.24, 2.45) is 0 Å². The summed E-state index contributed by atoms with van der Waals surface area (Å²) in [5.41, 5.74) is 0. The first-order chi connectivity index (χ1) is 9.66. The van der Waals surface area contributed by atoms with Gasteiger partial charge in [-0.25, -0.2) is 9.97 Å². The third-order valence-electron chi connectivity index (χ3n) is 2.92. The van der Waals surface area contributed by atoms with E-state index in [9.17, 15) is 9.59 Å². The summed E-state index contributed by atoms with van der Waals surface area (Å²) in [6, 6.07) is 1.77. The first kappa shape index (κ1) is 14.6. The maximum atomic E-state index is 11.9. The molecule has 0 atom stereocenters. The normalized spacial score (nSPS) is 15.2. The van der Waals surface area contributed by atoms with Gasteiger partial charge in [-0.05, 0) is 6.07 Å². The SMILES string of the molecule is O=C(O)CSCC(=O)N1CCN(c2ncccn2)CC1. The zero-order valence-electron chi connectivity index (χ0n) is 10.9.